The first-order chi connectivity index (χ1) is 9.47. The number of likely N-dealkylation sites (N-methyl/N-ethyl adjacent to an activating group) is 1. The summed E-state index contributed by atoms with van der Waals surface area (Å²) in [6.45, 7) is 0.614. The number of ether oxygens (including phenoxy) is 1. The van der Waals surface area contributed by atoms with Gasteiger partial charge < -0.3 is 9.84 Å². The van der Waals surface area contributed by atoms with Gasteiger partial charge in [-0.15, -0.1) is 0 Å². The fourth-order valence-electron chi connectivity index (χ4n) is 2.50. The fraction of sp³-hybridized carbons (Fsp3) is 0.538. The van der Waals surface area contributed by atoms with E-state index in [1.165, 1.54) is 13.2 Å². The van der Waals surface area contributed by atoms with E-state index in [4.69, 9.17) is 4.74 Å². The molecule has 0 radical (unpaired) electrons. The second-order valence-electron chi connectivity index (χ2n) is 4.98. The third-order valence-electron chi connectivity index (χ3n) is 3.58. The Morgan fingerprint density at radius 2 is 2.15 bits per heavy atom. The average Bonchev–Trinajstić information content (AvgIpc) is 2.77. The Bertz CT molecular complexity index is 561. The highest BCUT2D eigenvalue weighted by atomic mass is 32.2. The minimum absolute atomic E-state index is 0.000342. The van der Waals surface area contributed by atoms with Gasteiger partial charge in [0.25, 0.3) is 0 Å². The molecule has 0 aromatic heterocycles. The molecule has 2 rings (SSSR count). The van der Waals surface area contributed by atoms with Crippen molar-refractivity contribution in [3.8, 4) is 5.75 Å². The lowest BCUT2D eigenvalue weighted by Gasteiger charge is -2.15. The van der Waals surface area contributed by atoms with Crippen LogP contribution < -0.4 is 9.46 Å². The van der Waals surface area contributed by atoms with Gasteiger partial charge in [-0.3, -0.25) is 4.90 Å². The SMILES string of the molecule is COc1ccccc1S(=O)(=O)N[C@@H]1C[C@@H](CO)N(C)C1. The number of hydrogen-bond donors (Lipinski definition) is 2. The smallest absolute Gasteiger partial charge is 0.244 e. The Morgan fingerprint density at radius 3 is 2.75 bits per heavy atom. The molecule has 2 N–H and O–H groups in total. The van der Waals surface area contributed by atoms with Gasteiger partial charge in [-0.2, -0.15) is 0 Å². The quantitative estimate of drug-likeness (QED) is 0.802. The summed E-state index contributed by atoms with van der Waals surface area (Å²) in [5.74, 6) is 0.324. The zero-order valence-electron chi connectivity index (χ0n) is 11.6. The molecular weight excluding hydrogens is 280 g/mol. The van der Waals surface area contributed by atoms with Crippen LogP contribution in [0, 0.1) is 0 Å². The molecule has 0 unspecified atom stereocenters. The summed E-state index contributed by atoms with van der Waals surface area (Å²) in [4.78, 5) is 2.09. The molecule has 1 aromatic carbocycles. The number of nitrogens with one attached hydrogen (secondary N) is 1. The zero-order chi connectivity index (χ0) is 14.8. The van der Waals surface area contributed by atoms with Gasteiger partial charge in [-0.1, -0.05) is 12.1 Å². The predicted octanol–water partition coefficient (Wildman–Crippen LogP) is 0.0385. The van der Waals surface area contributed by atoms with E-state index in [0.29, 0.717) is 18.7 Å². The Hall–Kier alpha value is -1.15. The summed E-state index contributed by atoms with van der Waals surface area (Å²) in [7, 11) is -0.308. The van der Waals surface area contributed by atoms with Gasteiger partial charge in [-0.05, 0) is 25.6 Å². The third-order valence-corrected chi connectivity index (χ3v) is 5.14. The minimum atomic E-state index is -3.62. The van der Waals surface area contributed by atoms with Crippen LogP contribution in [0.3, 0.4) is 0 Å². The Morgan fingerprint density at radius 1 is 1.45 bits per heavy atom. The number of aliphatic hydroxyl groups is 1. The van der Waals surface area contributed by atoms with Gasteiger partial charge in [0.05, 0.1) is 13.7 Å². The molecule has 1 aliphatic rings. The molecule has 1 heterocycles. The van der Waals surface area contributed by atoms with Crippen LogP contribution in [0.2, 0.25) is 0 Å². The van der Waals surface area contributed by atoms with Gasteiger partial charge in [0.1, 0.15) is 10.6 Å². The topological polar surface area (TPSA) is 78.9 Å². The largest absolute Gasteiger partial charge is 0.495 e. The molecule has 0 spiro atoms. The van der Waals surface area contributed by atoms with Crippen LogP contribution in [0.4, 0.5) is 0 Å². The summed E-state index contributed by atoms with van der Waals surface area (Å²) in [5.41, 5.74) is 0. The molecule has 1 aliphatic heterocycles. The van der Waals surface area contributed by atoms with E-state index in [0.717, 1.165) is 0 Å². The maximum absolute atomic E-state index is 12.4. The molecule has 6 nitrogen and oxygen atoms in total. The van der Waals surface area contributed by atoms with E-state index in [1.54, 1.807) is 18.2 Å². The number of nitrogens with zero attached hydrogens (tertiary/aromatic N) is 1. The van der Waals surface area contributed by atoms with Crippen molar-refractivity contribution in [1.29, 1.82) is 0 Å². The molecule has 0 bridgehead atoms. The standard InChI is InChI=1S/C13H20N2O4S/c1-15-8-10(7-11(15)9-16)14-20(17,18)13-6-4-3-5-12(13)19-2/h3-6,10-11,14,16H,7-9H2,1-2H3/t10-,11+/m1/s1. The maximum Gasteiger partial charge on any atom is 0.244 e. The van der Waals surface area contributed by atoms with E-state index < -0.39 is 10.0 Å². The van der Waals surface area contributed by atoms with Gasteiger partial charge >= 0.3 is 0 Å². The van der Waals surface area contributed by atoms with Crippen molar-refractivity contribution in [2.24, 2.45) is 0 Å². The number of sulfonamides is 1. The Labute approximate surface area is 119 Å². The molecule has 0 saturated carbocycles. The first-order valence-electron chi connectivity index (χ1n) is 6.44. The third kappa shape index (κ3) is 3.12. The summed E-state index contributed by atoms with van der Waals surface area (Å²) >= 11 is 0. The second-order valence-corrected chi connectivity index (χ2v) is 6.66. The molecule has 112 valence electrons. The van der Waals surface area contributed by atoms with Gasteiger partial charge in [0, 0.05) is 18.6 Å². The Balaban J connectivity index is 2.16. The molecule has 7 heteroatoms. The number of rotatable bonds is 5. The normalized spacial score (nSPS) is 23.9. The van der Waals surface area contributed by atoms with Crippen molar-refractivity contribution in [2.75, 3.05) is 27.3 Å². The second kappa shape index (κ2) is 6.09. The van der Waals surface area contributed by atoms with Gasteiger partial charge in [0.15, 0.2) is 0 Å². The first kappa shape index (κ1) is 15.2. The van der Waals surface area contributed by atoms with Crippen molar-refractivity contribution in [1.82, 2.24) is 9.62 Å². The highest BCUT2D eigenvalue weighted by Crippen LogP contribution is 2.24. The van der Waals surface area contributed by atoms with Crippen LogP contribution in [0.1, 0.15) is 6.42 Å². The number of aliphatic hydroxyl groups excluding tert-OH is 1. The van der Waals surface area contributed by atoms with Crippen LogP contribution in [0.25, 0.3) is 0 Å². The summed E-state index contributed by atoms with van der Waals surface area (Å²) in [6, 6.07) is 6.32. The van der Waals surface area contributed by atoms with Crippen molar-refractivity contribution in [3.63, 3.8) is 0 Å². The van der Waals surface area contributed by atoms with Crippen molar-refractivity contribution < 1.29 is 18.3 Å². The molecular formula is C13H20N2O4S. The van der Waals surface area contributed by atoms with Crippen molar-refractivity contribution in [2.45, 2.75) is 23.4 Å². The lowest BCUT2D eigenvalue weighted by molar-refractivity contribution is 0.182. The highest BCUT2D eigenvalue weighted by molar-refractivity contribution is 7.89. The lowest BCUT2D eigenvalue weighted by atomic mass is 10.2. The number of para-hydroxylation sites is 1. The fourth-order valence-corrected chi connectivity index (χ4v) is 3.91. The highest BCUT2D eigenvalue weighted by Gasteiger charge is 2.32. The summed E-state index contributed by atoms with van der Waals surface area (Å²) in [6.07, 6.45) is 0.599. The molecule has 1 aromatic rings. The number of hydrogen-bond acceptors (Lipinski definition) is 5. The monoisotopic (exact) mass is 300 g/mol. The van der Waals surface area contributed by atoms with Crippen LogP contribution in [-0.4, -0.2) is 57.8 Å². The van der Waals surface area contributed by atoms with Gasteiger partial charge in [0.2, 0.25) is 10.0 Å². The van der Waals surface area contributed by atoms with E-state index in [1.807, 2.05) is 11.9 Å². The Kier molecular flexibility index (Phi) is 4.64. The van der Waals surface area contributed by atoms with Crippen LogP contribution in [0.15, 0.2) is 29.2 Å². The predicted molar refractivity (Wildman–Crippen MR) is 75.2 cm³/mol. The minimum Gasteiger partial charge on any atom is -0.495 e. The molecule has 0 aliphatic carbocycles. The lowest BCUT2D eigenvalue weighted by Crippen LogP contribution is -2.36. The maximum atomic E-state index is 12.4. The summed E-state index contributed by atoms with van der Waals surface area (Å²) < 4.78 is 32.6. The van der Waals surface area contributed by atoms with E-state index in [2.05, 4.69) is 4.72 Å². The average molecular weight is 300 g/mol. The number of methoxy groups -OCH3 is 1. The van der Waals surface area contributed by atoms with Crippen LogP contribution >= 0.6 is 0 Å². The zero-order valence-corrected chi connectivity index (χ0v) is 12.4. The number of likely N-dealkylation sites (tertiary alicyclic amines) is 1. The summed E-state index contributed by atoms with van der Waals surface area (Å²) in [5, 5.41) is 9.21. The van der Waals surface area contributed by atoms with E-state index >= 15 is 0 Å². The van der Waals surface area contributed by atoms with Gasteiger partial charge in [-0.25, -0.2) is 13.1 Å². The molecule has 20 heavy (non-hydrogen) atoms. The molecule has 1 fully saturated rings. The van der Waals surface area contributed by atoms with Crippen molar-refractivity contribution in [3.05, 3.63) is 24.3 Å². The number of benzene rings is 1. The molecule has 2 atom stereocenters. The van der Waals surface area contributed by atoms with E-state index in [-0.39, 0.29) is 23.6 Å². The first-order valence-corrected chi connectivity index (χ1v) is 7.92. The van der Waals surface area contributed by atoms with Crippen LogP contribution in [0.5, 0.6) is 5.75 Å². The molecule has 1 saturated heterocycles. The van der Waals surface area contributed by atoms with E-state index in [9.17, 15) is 13.5 Å². The van der Waals surface area contributed by atoms with Crippen LogP contribution in [-0.2, 0) is 10.0 Å². The van der Waals surface area contributed by atoms with Crippen molar-refractivity contribution >= 4 is 10.0 Å². The molecule has 0 amide bonds.